The first-order valence-electron chi connectivity index (χ1n) is 6.38. The van der Waals surface area contributed by atoms with Crippen LogP contribution in [0.1, 0.15) is 58.3 Å². The fourth-order valence-electron chi connectivity index (χ4n) is 2.07. The standard InChI is InChI=1S/C13H20N2O2/c1-11(16)17-15-13-9-7-5-3-2-4-6-8-12(13)10-14/h12H,2-9H2,1H3/b15-13-. The van der Waals surface area contributed by atoms with E-state index in [0.717, 1.165) is 37.8 Å². The number of rotatable bonds is 1. The average Bonchev–Trinajstić information content (AvgIpc) is 2.33. The van der Waals surface area contributed by atoms with E-state index >= 15 is 0 Å². The van der Waals surface area contributed by atoms with E-state index in [1.54, 1.807) is 0 Å². The number of nitriles is 1. The van der Waals surface area contributed by atoms with Gasteiger partial charge in [0.2, 0.25) is 0 Å². The Hall–Kier alpha value is -1.37. The van der Waals surface area contributed by atoms with Gasteiger partial charge in [-0.3, -0.25) is 0 Å². The van der Waals surface area contributed by atoms with Crippen LogP contribution in [0.5, 0.6) is 0 Å². The number of carbonyl (C=O) groups is 1. The van der Waals surface area contributed by atoms with Crippen LogP contribution in [0.25, 0.3) is 0 Å². The minimum absolute atomic E-state index is 0.188. The molecule has 0 aromatic rings. The molecule has 1 aliphatic rings. The van der Waals surface area contributed by atoms with Crippen LogP contribution in [0, 0.1) is 17.2 Å². The highest BCUT2D eigenvalue weighted by Gasteiger charge is 2.17. The van der Waals surface area contributed by atoms with Crippen LogP contribution in [-0.4, -0.2) is 11.7 Å². The highest BCUT2D eigenvalue weighted by molar-refractivity contribution is 5.88. The van der Waals surface area contributed by atoms with Crippen molar-refractivity contribution < 1.29 is 9.63 Å². The Balaban J connectivity index is 2.66. The first kappa shape index (κ1) is 13.7. The highest BCUT2D eigenvalue weighted by atomic mass is 16.7. The summed E-state index contributed by atoms with van der Waals surface area (Å²) in [6.45, 7) is 1.33. The van der Waals surface area contributed by atoms with Crippen LogP contribution >= 0.6 is 0 Å². The van der Waals surface area contributed by atoms with Crippen molar-refractivity contribution in [1.29, 1.82) is 5.26 Å². The number of nitrogens with zero attached hydrogens (tertiary/aromatic N) is 2. The molecule has 4 nitrogen and oxygen atoms in total. The Morgan fingerprint density at radius 1 is 1.29 bits per heavy atom. The predicted molar refractivity (Wildman–Crippen MR) is 65.2 cm³/mol. The minimum atomic E-state index is -0.425. The van der Waals surface area contributed by atoms with E-state index in [0.29, 0.717) is 0 Å². The lowest BCUT2D eigenvalue weighted by Gasteiger charge is -2.13. The molecule has 1 saturated carbocycles. The number of carbonyl (C=O) groups excluding carboxylic acids is 1. The van der Waals surface area contributed by atoms with Crippen LogP contribution < -0.4 is 0 Å². The predicted octanol–water partition coefficient (Wildman–Crippen LogP) is 3.18. The first-order valence-corrected chi connectivity index (χ1v) is 6.38. The van der Waals surface area contributed by atoms with Gasteiger partial charge in [0, 0.05) is 6.92 Å². The highest BCUT2D eigenvalue weighted by Crippen LogP contribution is 2.19. The van der Waals surface area contributed by atoms with Crippen molar-refractivity contribution in [2.75, 3.05) is 0 Å². The molecule has 94 valence electrons. The molecule has 0 amide bonds. The SMILES string of the molecule is CC(=O)O/N=C1/CCCCCCCCC1C#N. The van der Waals surface area contributed by atoms with Crippen LogP contribution in [0.3, 0.4) is 0 Å². The van der Waals surface area contributed by atoms with Gasteiger partial charge >= 0.3 is 5.97 Å². The third-order valence-electron chi connectivity index (χ3n) is 3.03. The summed E-state index contributed by atoms with van der Waals surface area (Å²) in [5.74, 6) is -0.612. The lowest BCUT2D eigenvalue weighted by molar-refractivity contribution is -0.141. The van der Waals surface area contributed by atoms with Crippen molar-refractivity contribution in [3.63, 3.8) is 0 Å². The lowest BCUT2D eigenvalue weighted by Crippen LogP contribution is -2.15. The van der Waals surface area contributed by atoms with Gasteiger partial charge in [0.05, 0.1) is 17.7 Å². The summed E-state index contributed by atoms with van der Waals surface area (Å²) in [6.07, 6.45) is 8.53. The first-order chi connectivity index (χ1) is 8.24. The molecule has 1 aliphatic carbocycles. The summed E-state index contributed by atoms with van der Waals surface area (Å²) >= 11 is 0. The molecule has 0 heterocycles. The molecule has 0 aliphatic heterocycles. The van der Waals surface area contributed by atoms with Crippen molar-refractivity contribution in [3.05, 3.63) is 0 Å². The van der Waals surface area contributed by atoms with Gasteiger partial charge < -0.3 is 4.84 Å². The molecule has 0 aromatic heterocycles. The maximum Gasteiger partial charge on any atom is 0.331 e. The van der Waals surface area contributed by atoms with Gasteiger partial charge in [0.1, 0.15) is 0 Å². The maximum absolute atomic E-state index is 10.7. The van der Waals surface area contributed by atoms with E-state index in [2.05, 4.69) is 16.1 Å². The zero-order valence-electron chi connectivity index (χ0n) is 10.4. The van der Waals surface area contributed by atoms with Crippen molar-refractivity contribution in [2.24, 2.45) is 11.1 Å². The van der Waals surface area contributed by atoms with Crippen molar-refractivity contribution in [3.8, 4) is 6.07 Å². The van der Waals surface area contributed by atoms with E-state index in [1.807, 2.05) is 0 Å². The second kappa shape index (κ2) is 7.83. The Labute approximate surface area is 103 Å². The second-order valence-corrected chi connectivity index (χ2v) is 4.51. The Kier molecular flexibility index (Phi) is 6.31. The molecule has 0 radical (unpaired) electrons. The van der Waals surface area contributed by atoms with Gasteiger partial charge in [-0.2, -0.15) is 5.26 Å². The van der Waals surface area contributed by atoms with E-state index in [4.69, 9.17) is 5.26 Å². The fraction of sp³-hybridized carbons (Fsp3) is 0.769. The van der Waals surface area contributed by atoms with Crippen LogP contribution in [-0.2, 0) is 9.63 Å². The van der Waals surface area contributed by atoms with Gasteiger partial charge in [-0.05, 0) is 19.3 Å². The number of hydrogen-bond acceptors (Lipinski definition) is 4. The zero-order valence-corrected chi connectivity index (χ0v) is 10.4. The third-order valence-corrected chi connectivity index (χ3v) is 3.03. The molecule has 1 fully saturated rings. The van der Waals surface area contributed by atoms with Gasteiger partial charge in [0.25, 0.3) is 0 Å². The van der Waals surface area contributed by atoms with Crippen LogP contribution in [0.15, 0.2) is 5.16 Å². The topological polar surface area (TPSA) is 62.4 Å². The molecule has 0 saturated heterocycles. The molecule has 0 spiro atoms. The zero-order chi connectivity index (χ0) is 12.5. The summed E-state index contributed by atoms with van der Waals surface area (Å²) in [5, 5.41) is 13.0. The van der Waals surface area contributed by atoms with Gasteiger partial charge in [0.15, 0.2) is 0 Å². The summed E-state index contributed by atoms with van der Waals surface area (Å²) in [4.78, 5) is 15.4. The molecular weight excluding hydrogens is 216 g/mol. The molecule has 0 aromatic carbocycles. The monoisotopic (exact) mass is 236 g/mol. The molecule has 1 atom stereocenters. The Bertz CT molecular complexity index is 318. The van der Waals surface area contributed by atoms with Crippen molar-refractivity contribution >= 4 is 11.7 Å². The quantitative estimate of drug-likeness (QED) is 0.519. The molecular formula is C13H20N2O2. The van der Waals surface area contributed by atoms with E-state index in [9.17, 15) is 4.79 Å². The van der Waals surface area contributed by atoms with Crippen LogP contribution in [0.4, 0.5) is 0 Å². The van der Waals surface area contributed by atoms with E-state index in [-0.39, 0.29) is 5.92 Å². The summed E-state index contributed by atoms with van der Waals surface area (Å²) < 4.78 is 0. The summed E-state index contributed by atoms with van der Waals surface area (Å²) in [7, 11) is 0. The Morgan fingerprint density at radius 2 is 1.94 bits per heavy atom. The molecule has 1 unspecified atom stereocenters. The van der Waals surface area contributed by atoms with Gasteiger partial charge in [-0.15, -0.1) is 0 Å². The molecule has 0 bridgehead atoms. The molecule has 0 N–H and O–H groups in total. The third kappa shape index (κ3) is 5.48. The van der Waals surface area contributed by atoms with Gasteiger partial charge in [-0.25, -0.2) is 4.79 Å². The lowest BCUT2D eigenvalue weighted by atomic mass is 9.91. The molecule has 1 rings (SSSR count). The summed E-state index contributed by atoms with van der Waals surface area (Å²) in [5.41, 5.74) is 0.740. The molecule has 4 heteroatoms. The minimum Gasteiger partial charge on any atom is -0.319 e. The van der Waals surface area contributed by atoms with Crippen molar-refractivity contribution in [1.82, 2.24) is 0 Å². The maximum atomic E-state index is 10.7. The Morgan fingerprint density at radius 3 is 2.59 bits per heavy atom. The van der Waals surface area contributed by atoms with Gasteiger partial charge in [-0.1, -0.05) is 37.3 Å². The number of hydrogen-bond donors (Lipinski definition) is 0. The smallest absolute Gasteiger partial charge is 0.319 e. The van der Waals surface area contributed by atoms with E-state index < -0.39 is 5.97 Å². The largest absolute Gasteiger partial charge is 0.331 e. The average molecular weight is 236 g/mol. The summed E-state index contributed by atoms with van der Waals surface area (Å²) in [6, 6.07) is 2.27. The normalized spacial score (nSPS) is 24.9. The van der Waals surface area contributed by atoms with Crippen LogP contribution in [0.2, 0.25) is 0 Å². The van der Waals surface area contributed by atoms with Crippen molar-refractivity contribution in [2.45, 2.75) is 58.3 Å². The van der Waals surface area contributed by atoms with E-state index in [1.165, 1.54) is 26.2 Å². The molecule has 17 heavy (non-hydrogen) atoms. The second-order valence-electron chi connectivity index (χ2n) is 4.51. The number of oxime groups is 1. The fourth-order valence-corrected chi connectivity index (χ4v) is 2.07.